The minimum atomic E-state index is -0.280. The molecule has 23 heavy (non-hydrogen) atoms. The molecule has 10 radical (unpaired) electrons. The Hall–Kier alpha value is -0.861. The van der Waals surface area contributed by atoms with E-state index in [0.717, 1.165) is 5.92 Å². The summed E-state index contributed by atoms with van der Waals surface area (Å²) in [5.41, 5.74) is 0.695. The van der Waals surface area contributed by atoms with Gasteiger partial charge < -0.3 is 5.32 Å². The Morgan fingerprint density at radius 1 is 0.957 bits per heavy atom. The Balaban J connectivity index is 0.000000377. The summed E-state index contributed by atoms with van der Waals surface area (Å²) in [4.78, 5) is 11.6. The van der Waals surface area contributed by atoms with Crippen LogP contribution in [0.3, 0.4) is 0 Å². The fourth-order valence-electron chi connectivity index (χ4n) is 1.94. The van der Waals surface area contributed by atoms with E-state index >= 15 is 0 Å². The standard InChI is InChI=1S/C14H13FNO.C5H5.Fe/c15-12-6-3-7-13(10-12)16-9-8-14(17)11-4-1-2-5-11;1-2-4-5-3-1;/h1-7,10,16H,8-9H2;1-5H;/q;;+2. The Labute approximate surface area is 150 Å². The number of nitrogens with one attached hydrogen (secondary N) is 1. The molecule has 2 saturated carbocycles. The van der Waals surface area contributed by atoms with Gasteiger partial charge in [0, 0.05) is 24.6 Å². The molecule has 118 valence electrons. The largest absolute Gasteiger partial charge is 2.00 e. The van der Waals surface area contributed by atoms with Crippen molar-refractivity contribution in [3.63, 3.8) is 0 Å². The number of ketones is 1. The van der Waals surface area contributed by atoms with Gasteiger partial charge in [-0.2, -0.15) is 0 Å². The maximum atomic E-state index is 12.9. The first-order chi connectivity index (χ1) is 10.8. The number of benzene rings is 1. The molecule has 2 aliphatic carbocycles. The molecule has 3 rings (SSSR count). The topological polar surface area (TPSA) is 29.1 Å². The average molecular weight is 351 g/mol. The summed E-state index contributed by atoms with van der Waals surface area (Å²) >= 11 is 0. The smallest absolute Gasteiger partial charge is 0.385 e. The van der Waals surface area contributed by atoms with Crippen LogP contribution in [-0.2, 0) is 21.9 Å². The van der Waals surface area contributed by atoms with Crippen LogP contribution in [0.5, 0.6) is 0 Å². The predicted molar refractivity (Wildman–Crippen MR) is 86.5 cm³/mol. The van der Waals surface area contributed by atoms with Gasteiger partial charge in [0.05, 0.1) is 0 Å². The third kappa shape index (κ3) is 7.99. The Kier molecular flexibility index (Phi) is 10.2. The minimum absolute atomic E-state index is 0. The van der Waals surface area contributed by atoms with E-state index in [4.69, 9.17) is 0 Å². The van der Waals surface area contributed by atoms with Gasteiger partial charge in [0.15, 0.2) is 0 Å². The molecule has 0 spiro atoms. The maximum Gasteiger partial charge on any atom is 2.00 e. The molecule has 2 aliphatic rings. The van der Waals surface area contributed by atoms with Gasteiger partial charge in [-0.05, 0) is 76.0 Å². The van der Waals surface area contributed by atoms with Crippen LogP contribution in [-0.4, -0.2) is 12.3 Å². The van der Waals surface area contributed by atoms with Gasteiger partial charge >= 0.3 is 17.1 Å². The number of hydrogen-bond donors (Lipinski definition) is 1. The number of rotatable bonds is 5. The van der Waals surface area contributed by atoms with Crippen molar-refractivity contribution in [1.82, 2.24) is 0 Å². The van der Waals surface area contributed by atoms with Gasteiger partial charge in [0.2, 0.25) is 0 Å². The summed E-state index contributed by atoms with van der Waals surface area (Å²) in [6.45, 7) is 0.507. The number of carbonyl (C=O) groups is 1. The third-order valence-electron chi connectivity index (χ3n) is 3.05. The predicted octanol–water partition coefficient (Wildman–Crippen LogP) is 3.62. The van der Waals surface area contributed by atoms with Crippen molar-refractivity contribution in [3.05, 3.63) is 93.8 Å². The van der Waals surface area contributed by atoms with Crippen LogP contribution in [0.2, 0.25) is 0 Å². The van der Waals surface area contributed by atoms with Crippen molar-refractivity contribution in [2.75, 3.05) is 11.9 Å². The second-order valence-electron chi connectivity index (χ2n) is 4.75. The van der Waals surface area contributed by atoms with Gasteiger partial charge in [-0.1, -0.05) is 6.07 Å². The van der Waals surface area contributed by atoms with E-state index in [1.165, 1.54) is 12.1 Å². The molecule has 0 bridgehead atoms. The zero-order valence-electron chi connectivity index (χ0n) is 12.6. The second-order valence-corrected chi connectivity index (χ2v) is 4.75. The summed E-state index contributed by atoms with van der Waals surface area (Å²) in [6, 6.07) is 6.21. The first-order valence-corrected chi connectivity index (χ1v) is 7.17. The van der Waals surface area contributed by atoms with Crippen LogP contribution in [0.1, 0.15) is 6.42 Å². The van der Waals surface area contributed by atoms with Gasteiger partial charge in [-0.15, -0.1) is 0 Å². The zero-order valence-corrected chi connectivity index (χ0v) is 13.7. The van der Waals surface area contributed by atoms with E-state index in [-0.39, 0.29) is 28.7 Å². The fraction of sp³-hybridized carbons (Fsp3) is 0.105. The monoisotopic (exact) mass is 351 g/mol. The molecular weight excluding hydrogens is 333 g/mol. The van der Waals surface area contributed by atoms with E-state index in [2.05, 4.69) is 5.32 Å². The molecule has 0 amide bonds. The average Bonchev–Trinajstić information content (AvgIpc) is 3.23. The second kappa shape index (κ2) is 11.6. The molecule has 2 nitrogen and oxygen atoms in total. The van der Waals surface area contributed by atoms with Crippen molar-refractivity contribution >= 4 is 11.5 Å². The fourth-order valence-corrected chi connectivity index (χ4v) is 1.94. The first kappa shape index (κ1) is 20.2. The number of hydrogen-bond acceptors (Lipinski definition) is 2. The van der Waals surface area contributed by atoms with Crippen LogP contribution in [0, 0.1) is 69.5 Å². The summed E-state index contributed by atoms with van der Waals surface area (Å²) in [5.74, 6) is 0.544. The number of anilines is 1. The summed E-state index contributed by atoms with van der Waals surface area (Å²) in [5, 5.41) is 3.02. The number of carbonyl (C=O) groups excluding carboxylic acids is 1. The van der Waals surface area contributed by atoms with Crippen molar-refractivity contribution in [2.45, 2.75) is 6.42 Å². The van der Waals surface area contributed by atoms with E-state index < -0.39 is 0 Å². The molecular formula is C19H18FFeNO+2. The first-order valence-electron chi connectivity index (χ1n) is 7.17. The van der Waals surface area contributed by atoms with Crippen molar-refractivity contribution in [2.24, 2.45) is 0 Å². The third-order valence-corrected chi connectivity index (χ3v) is 3.05. The Morgan fingerprint density at radius 2 is 1.57 bits per heavy atom. The Morgan fingerprint density at radius 3 is 2.13 bits per heavy atom. The van der Waals surface area contributed by atoms with E-state index in [9.17, 15) is 9.18 Å². The molecule has 0 saturated heterocycles. The molecule has 0 aromatic heterocycles. The quantitative estimate of drug-likeness (QED) is 0.821. The molecule has 2 fully saturated rings. The van der Waals surface area contributed by atoms with Crippen molar-refractivity contribution in [1.29, 1.82) is 0 Å². The van der Waals surface area contributed by atoms with E-state index in [1.54, 1.807) is 25.0 Å². The van der Waals surface area contributed by atoms with Crippen LogP contribution in [0.4, 0.5) is 10.1 Å². The summed E-state index contributed by atoms with van der Waals surface area (Å²) in [6.07, 6.45) is 17.7. The van der Waals surface area contributed by atoms with Crippen molar-refractivity contribution < 1.29 is 26.3 Å². The molecule has 1 N–H and O–H groups in total. The minimum Gasteiger partial charge on any atom is -0.385 e. The molecule has 4 heteroatoms. The summed E-state index contributed by atoms with van der Waals surface area (Å²) < 4.78 is 12.9. The molecule has 0 heterocycles. The Bertz CT molecular complexity index is 449. The maximum absolute atomic E-state index is 12.9. The van der Waals surface area contributed by atoms with Crippen molar-refractivity contribution in [3.8, 4) is 0 Å². The van der Waals surface area contributed by atoms with Gasteiger partial charge in [0.25, 0.3) is 0 Å². The van der Waals surface area contributed by atoms with E-state index in [0.29, 0.717) is 18.7 Å². The molecule has 0 atom stereocenters. The van der Waals surface area contributed by atoms with Crippen LogP contribution in [0.25, 0.3) is 0 Å². The van der Waals surface area contributed by atoms with Gasteiger partial charge in [0.1, 0.15) is 11.6 Å². The van der Waals surface area contributed by atoms with Crippen LogP contribution < -0.4 is 5.32 Å². The molecule has 0 aliphatic heterocycles. The number of halogens is 1. The molecule has 1 aromatic carbocycles. The number of Topliss-reactive ketones (excluding diaryl/α,β-unsaturated/α-hetero) is 1. The van der Waals surface area contributed by atoms with Gasteiger partial charge in [-0.25, -0.2) is 4.39 Å². The van der Waals surface area contributed by atoms with E-state index in [1.807, 2.05) is 44.9 Å². The molecule has 1 aromatic rings. The van der Waals surface area contributed by atoms with Crippen LogP contribution >= 0.6 is 0 Å². The normalized spacial score (nSPS) is 17.1. The van der Waals surface area contributed by atoms with Gasteiger partial charge in [-0.3, -0.25) is 4.79 Å². The SMILES string of the molecule is O=C(CCNc1cccc(F)c1)[C]1[CH][CH][CH][CH]1.[CH]1[CH][CH][CH][CH]1.[Fe+2]. The summed E-state index contributed by atoms with van der Waals surface area (Å²) in [7, 11) is 0. The molecule has 0 unspecified atom stereocenters. The van der Waals surface area contributed by atoms with Crippen LogP contribution in [0.15, 0.2) is 24.3 Å². The zero-order chi connectivity index (χ0) is 15.6.